The highest BCUT2D eigenvalue weighted by molar-refractivity contribution is 5.05. The van der Waals surface area contributed by atoms with Crippen LogP contribution in [0.2, 0.25) is 0 Å². The summed E-state index contributed by atoms with van der Waals surface area (Å²) in [6.45, 7) is 9.46. The lowest BCUT2D eigenvalue weighted by Crippen LogP contribution is -2.29. The Labute approximate surface area is 93.5 Å². The van der Waals surface area contributed by atoms with Gasteiger partial charge in [-0.3, -0.25) is 0 Å². The van der Waals surface area contributed by atoms with Gasteiger partial charge in [0, 0.05) is 18.7 Å². The lowest BCUT2D eigenvalue weighted by atomic mass is 9.83. The lowest BCUT2D eigenvalue weighted by Gasteiger charge is -2.28. The maximum Gasteiger partial charge on any atom is 0.129 e. The van der Waals surface area contributed by atoms with Crippen LogP contribution in [-0.2, 0) is 0 Å². The molecule has 0 fully saturated rings. The topological polar surface area (TPSA) is 12.0 Å². The van der Waals surface area contributed by atoms with Crippen molar-refractivity contribution in [2.24, 2.45) is 5.92 Å². The molecular formula is C13H24FN. The maximum atomic E-state index is 14.3. The molecule has 2 atom stereocenters. The van der Waals surface area contributed by atoms with Crippen molar-refractivity contribution in [3.8, 4) is 0 Å². The van der Waals surface area contributed by atoms with Crippen molar-refractivity contribution < 1.29 is 4.39 Å². The van der Waals surface area contributed by atoms with E-state index in [1.54, 1.807) is 19.1 Å². The van der Waals surface area contributed by atoms with Crippen LogP contribution < -0.4 is 5.32 Å². The van der Waals surface area contributed by atoms with Crippen LogP contribution in [0.15, 0.2) is 24.4 Å². The fourth-order valence-electron chi connectivity index (χ4n) is 1.79. The van der Waals surface area contributed by atoms with Crippen LogP contribution in [0.5, 0.6) is 0 Å². The van der Waals surface area contributed by atoms with Crippen molar-refractivity contribution in [3.05, 3.63) is 24.4 Å². The third kappa shape index (κ3) is 5.01. The Kier molecular flexibility index (Phi) is 6.30. The fourth-order valence-corrected chi connectivity index (χ4v) is 1.79. The zero-order chi connectivity index (χ0) is 11.9. The molecule has 0 aromatic rings. The van der Waals surface area contributed by atoms with Gasteiger partial charge in [0.05, 0.1) is 0 Å². The SMILES string of the molecule is C=C(CC(CCC)C(C)(F)/C=C\C)NC. The Balaban J connectivity index is 4.56. The van der Waals surface area contributed by atoms with Crippen molar-refractivity contribution in [1.82, 2.24) is 5.32 Å². The molecule has 2 heteroatoms. The van der Waals surface area contributed by atoms with E-state index in [1.165, 1.54) is 0 Å². The van der Waals surface area contributed by atoms with Crippen LogP contribution in [0, 0.1) is 5.92 Å². The van der Waals surface area contributed by atoms with Crippen molar-refractivity contribution >= 4 is 0 Å². The van der Waals surface area contributed by atoms with E-state index in [0.29, 0.717) is 6.42 Å². The van der Waals surface area contributed by atoms with Gasteiger partial charge in [-0.25, -0.2) is 4.39 Å². The quantitative estimate of drug-likeness (QED) is 0.634. The summed E-state index contributed by atoms with van der Waals surface area (Å²) < 4.78 is 14.3. The molecule has 1 nitrogen and oxygen atoms in total. The Morgan fingerprint density at radius 3 is 2.60 bits per heavy atom. The lowest BCUT2D eigenvalue weighted by molar-refractivity contribution is 0.147. The standard InChI is InChI=1S/C13H24FN/c1-6-8-12(10-11(3)15-5)13(4,14)9-7-2/h7,9,12,15H,3,6,8,10H2,1-2,4-5H3/b9-7-. The van der Waals surface area contributed by atoms with Gasteiger partial charge in [0.2, 0.25) is 0 Å². The Bertz CT molecular complexity index is 219. The number of allylic oxidation sites excluding steroid dienone is 3. The van der Waals surface area contributed by atoms with E-state index >= 15 is 0 Å². The highest BCUT2D eigenvalue weighted by Gasteiger charge is 2.30. The van der Waals surface area contributed by atoms with Crippen LogP contribution in [-0.4, -0.2) is 12.7 Å². The van der Waals surface area contributed by atoms with Gasteiger partial charge >= 0.3 is 0 Å². The first kappa shape index (κ1) is 14.2. The summed E-state index contributed by atoms with van der Waals surface area (Å²) >= 11 is 0. The molecule has 0 rings (SSSR count). The van der Waals surface area contributed by atoms with Gasteiger partial charge in [0.1, 0.15) is 5.67 Å². The summed E-state index contributed by atoms with van der Waals surface area (Å²) in [6, 6.07) is 0. The predicted molar refractivity (Wildman–Crippen MR) is 65.5 cm³/mol. The molecule has 0 aliphatic carbocycles. The molecule has 0 aromatic carbocycles. The maximum absolute atomic E-state index is 14.3. The normalized spacial score (nSPS) is 17.4. The molecule has 0 radical (unpaired) electrons. The van der Waals surface area contributed by atoms with Crippen molar-refractivity contribution in [3.63, 3.8) is 0 Å². The molecule has 0 spiro atoms. The van der Waals surface area contributed by atoms with Crippen LogP contribution in [0.25, 0.3) is 0 Å². The second-order valence-corrected chi connectivity index (χ2v) is 4.19. The summed E-state index contributed by atoms with van der Waals surface area (Å²) in [5, 5.41) is 2.98. The second kappa shape index (κ2) is 6.65. The molecule has 0 saturated heterocycles. The minimum atomic E-state index is -1.23. The van der Waals surface area contributed by atoms with Gasteiger partial charge in [-0.15, -0.1) is 0 Å². The van der Waals surface area contributed by atoms with E-state index < -0.39 is 5.67 Å². The predicted octanol–water partition coefficient (Wildman–Crippen LogP) is 3.83. The smallest absolute Gasteiger partial charge is 0.129 e. The van der Waals surface area contributed by atoms with Gasteiger partial charge in [-0.05, 0) is 26.7 Å². The Morgan fingerprint density at radius 2 is 2.20 bits per heavy atom. The van der Waals surface area contributed by atoms with Crippen molar-refractivity contribution in [1.29, 1.82) is 0 Å². The third-order valence-corrected chi connectivity index (χ3v) is 2.77. The molecule has 88 valence electrons. The van der Waals surface area contributed by atoms with E-state index in [0.717, 1.165) is 18.5 Å². The van der Waals surface area contributed by atoms with E-state index in [4.69, 9.17) is 0 Å². The van der Waals surface area contributed by atoms with Crippen molar-refractivity contribution in [2.75, 3.05) is 7.05 Å². The largest absolute Gasteiger partial charge is 0.392 e. The molecule has 0 saturated carbocycles. The van der Waals surface area contributed by atoms with E-state index in [1.807, 2.05) is 14.0 Å². The monoisotopic (exact) mass is 213 g/mol. The molecule has 15 heavy (non-hydrogen) atoms. The zero-order valence-electron chi connectivity index (χ0n) is 10.4. The first-order valence-corrected chi connectivity index (χ1v) is 5.66. The number of halogens is 1. The highest BCUT2D eigenvalue weighted by atomic mass is 19.1. The van der Waals surface area contributed by atoms with Crippen molar-refractivity contribution in [2.45, 2.75) is 45.7 Å². The molecule has 0 aliphatic rings. The van der Waals surface area contributed by atoms with Crippen LogP contribution >= 0.6 is 0 Å². The molecule has 0 aliphatic heterocycles. The number of hydrogen-bond donors (Lipinski definition) is 1. The van der Waals surface area contributed by atoms with Crippen LogP contribution in [0.4, 0.5) is 4.39 Å². The van der Waals surface area contributed by atoms with E-state index in [-0.39, 0.29) is 5.92 Å². The first-order chi connectivity index (χ1) is 6.97. The molecule has 2 unspecified atom stereocenters. The van der Waals surface area contributed by atoms with E-state index in [9.17, 15) is 4.39 Å². The summed E-state index contributed by atoms with van der Waals surface area (Å²) in [6.07, 6.45) is 6.01. The molecular weight excluding hydrogens is 189 g/mol. The van der Waals surface area contributed by atoms with Gasteiger partial charge in [-0.1, -0.05) is 32.1 Å². The van der Waals surface area contributed by atoms with Gasteiger partial charge in [-0.2, -0.15) is 0 Å². The molecule has 0 amide bonds. The third-order valence-electron chi connectivity index (χ3n) is 2.77. The van der Waals surface area contributed by atoms with E-state index in [2.05, 4.69) is 18.8 Å². The van der Waals surface area contributed by atoms with Gasteiger partial charge in [0.15, 0.2) is 0 Å². The number of alkyl halides is 1. The van der Waals surface area contributed by atoms with Gasteiger partial charge in [0.25, 0.3) is 0 Å². The highest BCUT2D eigenvalue weighted by Crippen LogP contribution is 2.32. The number of hydrogen-bond acceptors (Lipinski definition) is 1. The minimum Gasteiger partial charge on any atom is -0.392 e. The van der Waals surface area contributed by atoms with Crippen LogP contribution in [0.3, 0.4) is 0 Å². The fraction of sp³-hybridized carbons (Fsp3) is 0.692. The zero-order valence-corrected chi connectivity index (χ0v) is 10.4. The molecule has 0 bridgehead atoms. The minimum absolute atomic E-state index is 0.0126. The first-order valence-electron chi connectivity index (χ1n) is 5.66. The van der Waals surface area contributed by atoms with Crippen LogP contribution in [0.1, 0.15) is 40.0 Å². The number of nitrogens with one attached hydrogen (secondary N) is 1. The molecule has 0 heterocycles. The summed E-state index contributed by atoms with van der Waals surface area (Å²) in [7, 11) is 1.83. The summed E-state index contributed by atoms with van der Waals surface area (Å²) in [5.41, 5.74) is -0.327. The summed E-state index contributed by atoms with van der Waals surface area (Å²) in [4.78, 5) is 0. The average molecular weight is 213 g/mol. The average Bonchev–Trinajstić information content (AvgIpc) is 2.16. The molecule has 1 N–H and O–H groups in total. The summed E-state index contributed by atoms with van der Waals surface area (Å²) in [5.74, 6) is 0.0126. The number of rotatable bonds is 7. The second-order valence-electron chi connectivity index (χ2n) is 4.19. The van der Waals surface area contributed by atoms with Gasteiger partial charge < -0.3 is 5.32 Å². The Morgan fingerprint density at radius 1 is 1.60 bits per heavy atom. The Hall–Kier alpha value is -0.790. The molecule has 0 aromatic heterocycles.